The molecule has 0 saturated carbocycles. The van der Waals surface area contributed by atoms with Crippen LogP contribution in [-0.4, -0.2) is 45.5 Å². The molecule has 0 spiro atoms. The van der Waals surface area contributed by atoms with E-state index in [9.17, 15) is 13.2 Å². The van der Waals surface area contributed by atoms with Crippen molar-refractivity contribution >= 4 is 33.4 Å². The maximum atomic E-state index is 11.9. The molecule has 1 amide bonds. The van der Waals surface area contributed by atoms with Crippen LogP contribution in [0.2, 0.25) is 0 Å². The number of amides is 1. The smallest absolute Gasteiger partial charge is 0.240 e. The molecule has 2 rings (SSSR count). The number of hydrogen-bond acceptors (Lipinski definition) is 5. The van der Waals surface area contributed by atoms with E-state index in [1.807, 2.05) is 11.8 Å². The lowest BCUT2D eigenvalue weighted by atomic mass is 10.2. The zero-order valence-corrected chi connectivity index (χ0v) is 13.4. The molecule has 0 aliphatic carbocycles. The average Bonchev–Trinajstić information content (AvgIpc) is 2.48. The second-order valence-corrected chi connectivity index (χ2v) is 7.75. The summed E-state index contributed by atoms with van der Waals surface area (Å²) >= 11 is 1.84. The monoisotopic (exact) mass is 329 g/mol. The van der Waals surface area contributed by atoms with Gasteiger partial charge in [0.1, 0.15) is 0 Å². The van der Waals surface area contributed by atoms with Gasteiger partial charge in [-0.15, -0.1) is 0 Å². The van der Waals surface area contributed by atoms with Crippen LogP contribution in [0.15, 0.2) is 29.2 Å². The van der Waals surface area contributed by atoms with Crippen molar-refractivity contribution < 1.29 is 13.2 Å². The van der Waals surface area contributed by atoms with Crippen molar-refractivity contribution in [3.8, 4) is 0 Å². The summed E-state index contributed by atoms with van der Waals surface area (Å²) in [4.78, 5) is 12.1. The summed E-state index contributed by atoms with van der Waals surface area (Å²) in [6, 6.07) is 6.32. The number of carbonyl (C=O) groups excluding carboxylic acids is 1. The molecule has 1 aliphatic rings. The molecular formula is C13H19N3O3S2. The normalized spacial score (nSPS) is 19.2. The summed E-state index contributed by atoms with van der Waals surface area (Å²) < 4.78 is 25.4. The number of anilines is 1. The van der Waals surface area contributed by atoms with E-state index in [1.54, 1.807) is 12.1 Å². The first kappa shape index (κ1) is 16.3. The number of benzene rings is 1. The van der Waals surface area contributed by atoms with Gasteiger partial charge < -0.3 is 10.6 Å². The van der Waals surface area contributed by atoms with E-state index < -0.39 is 10.0 Å². The minimum Gasteiger partial charge on any atom is -0.326 e. The molecule has 1 aliphatic heterocycles. The lowest BCUT2D eigenvalue weighted by Gasteiger charge is -2.22. The van der Waals surface area contributed by atoms with Gasteiger partial charge in [-0.25, -0.2) is 13.1 Å². The van der Waals surface area contributed by atoms with Crippen LogP contribution in [0, 0.1) is 0 Å². The quantitative estimate of drug-likeness (QED) is 0.737. The summed E-state index contributed by atoms with van der Waals surface area (Å²) in [7, 11) is -2.08. The average molecular weight is 329 g/mol. The Balaban J connectivity index is 1.92. The van der Waals surface area contributed by atoms with Gasteiger partial charge in [0.2, 0.25) is 15.9 Å². The van der Waals surface area contributed by atoms with E-state index in [1.165, 1.54) is 19.2 Å². The van der Waals surface area contributed by atoms with Gasteiger partial charge in [-0.3, -0.25) is 4.79 Å². The van der Waals surface area contributed by atoms with Gasteiger partial charge in [-0.05, 0) is 31.3 Å². The first-order chi connectivity index (χ1) is 10.0. The van der Waals surface area contributed by atoms with Crippen LogP contribution in [0.1, 0.15) is 6.42 Å². The minimum atomic E-state index is -3.44. The van der Waals surface area contributed by atoms with Gasteiger partial charge >= 0.3 is 0 Å². The second-order valence-electron chi connectivity index (χ2n) is 4.71. The zero-order valence-electron chi connectivity index (χ0n) is 11.8. The Morgan fingerprint density at radius 1 is 1.38 bits per heavy atom. The molecule has 1 saturated heterocycles. The van der Waals surface area contributed by atoms with Gasteiger partial charge in [0.15, 0.2) is 0 Å². The van der Waals surface area contributed by atoms with Crippen LogP contribution in [0.3, 0.4) is 0 Å². The van der Waals surface area contributed by atoms with E-state index in [2.05, 4.69) is 15.4 Å². The molecule has 1 aromatic carbocycles. The minimum absolute atomic E-state index is 0.0702. The number of carbonyl (C=O) groups is 1. The van der Waals surface area contributed by atoms with E-state index >= 15 is 0 Å². The third-order valence-corrected chi connectivity index (χ3v) is 5.71. The predicted octanol–water partition coefficient (Wildman–Crippen LogP) is 0.628. The summed E-state index contributed by atoms with van der Waals surface area (Å²) in [6.07, 6.45) is 0.420. The molecule has 21 heavy (non-hydrogen) atoms. The highest BCUT2D eigenvalue weighted by molar-refractivity contribution is 7.99. The molecule has 1 atom stereocenters. The van der Waals surface area contributed by atoms with Crippen LogP contribution in [0.5, 0.6) is 0 Å². The standard InChI is InChI=1S/C13H19N3O3S2/c1-14-21(18,19)12-4-2-10(3-5-12)16-13(17)8-11-9-20-7-6-15-11/h2-5,11,14-15H,6-9H2,1H3,(H,16,17). The van der Waals surface area contributed by atoms with E-state index in [0.29, 0.717) is 12.1 Å². The Hall–Kier alpha value is -1.09. The van der Waals surface area contributed by atoms with Crippen molar-refractivity contribution in [1.82, 2.24) is 10.0 Å². The van der Waals surface area contributed by atoms with Crippen molar-refractivity contribution in [2.24, 2.45) is 0 Å². The van der Waals surface area contributed by atoms with Gasteiger partial charge in [-0.2, -0.15) is 11.8 Å². The highest BCUT2D eigenvalue weighted by atomic mass is 32.2. The SMILES string of the molecule is CNS(=O)(=O)c1ccc(NC(=O)CC2CSCCN2)cc1. The fraction of sp³-hybridized carbons (Fsp3) is 0.462. The topological polar surface area (TPSA) is 87.3 Å². The Morgan fingerprint density at radius 3 is 2.67 bits per heavy atom. The highest BCUT2D eigenvalue weighted by Gasteiger charge is 2.17. The van der Waals surface area contributed by atoms with E-state index in [4.69, 9.17) is 0 Å². The van der Waals surface area contributed by atoms with Crippen LogP contribution in [0.25, 0.3) is 0 Å². The lowest BCUT2D eigenvalue weighted by Crippen LogP contribution is -2.39. The fourth-order valence-corrected chi connectivity index (χ4v) is 3.70. The van der Waals surface area contributed by atoms with E-state index in [0.717, 1.165) is 18.1 Å². The van der Waals surface area contributed by atoms with Gasteiger partial charge in [-0.1, -0.05) is 0 Å². The van der Waals surface area contributed by atoms with Gasteiger partial charge in [0, 0.05) is 36.2 Å². The fourth-order valence-electron chi connectivity index (χ4n) is 2.02. The van der Waals surface area contributed by atoms with E-state index in [-0.39, 0.29) is 16.8 Å². The van der Waals surface area contributed by atoms with Crippen molar-refractivity contribution in [3.63, 3.8) is 0 Å². The van der Waals surface area contributed by atoms with Crippen LogP contribution < -0.4 is 15.4 Å². The third-order valence-electron chi connectivity index (χ3n) is 3.15. The molecule has 1 aromatic rings. The van der Waals surface area contributed by atoms with Crippen molar-refractivity contribution in [3.05, 3.63) is 24.3 Å². The summed E-state index contributed by atoms with van der Waals surface area (Å²) in [5.41, 5.74) is 0.596. The number of sulfonamides is 1. The molecule has 6 nitrogen and oxygen atoms in total. The second kappa shape index (κ2) is 7.26. The predicted molar refractivity (Wildman–Crippen MR) is 85.0 cm³/mol. The summed E-state index contributed by atoms with van der Waals surface area (Å²) in [5, 5.41) is 6.09. The molecule has 116 valence electrons. The maximum absolute atomic E-state index is 11.9. The van der Waals surface area contributed by atoms with Crippen LogP contribution in [-0.2, 0) is 14.8 Å². The molecule has 0 radical (unpaired) electrons. The van der Waals surface area contributed by atoms with Crippen molar-refractivity contribution in [2.75, 3.05) is 30.4 Å². The molecule has 0 aromatic heterocycles. The summed E-state index contributed by atoms with van der Waals surface area (Å²) in [5.74, 6) is 1.95. The van der Waals surface area contributed by atoms with Crippen molar-refractivity contribution in [1.29, 1.82) is 0 Å². The molecule has 3 N–H and O–H groups in total. The number of hydrogen-bond donors (Lipinski definition) is 3. The van der Waals surface area contributed by atoms with Gasteiger partial charge in [0.05, 0.1) is 4.90 Å². The molecule has 1 fully saturated rings. The third kappa shape index (κ3) is 4.70. The van der Waals surface area contributed by atoms with Crippen molar-refractivity contribution in [2.45, 2.75) is 17.4 Å². The lowest BCUT2D eigenvalue weighted by molar-refractivity contribution is -0.116. The maximum Gasteiger partial charge on any atom is 0.240 e. The Kier molecular flexibility index (Phi) is 5.63. The van der Waals surface area contributed by atoms with Crippen LogP contribution in [0.4, 0.5) is 5.69 Å². The van der Waals surface area contributed by atoms with Gasteiger partial charge in [0.25, 0.3) is 0 Å². The molecule has 8 heteroatoms. The Labute approximate surface area is 129 Å². The molecule has 0 bridgehead atoms. The zero-order chi connectivity index (χ0) is 15.3. The number of nitrogens with one attached hydrogen (secondary N) is 3. The molecular weight excluding hydrogens is 310 g/mol. The van der Waals surface area contributed by atoms with Crippen LogP contribution >= 0.6 is 11.8 Å². The first-order valence-electron chi connectivity index (χ1n) is 6.66. The first-order valence-corrected chi connectivity index (χ1v) is 9.29. The Bertz CT molecular complexity index is 581. The largest absolute Gasteiger partial charge is 0.326 e. The summed E-state index contributed by atoms with van der Waals surface area (Å²) in [6.45, 7) is 0.930. The highest BCUT2D eigenvalue weighted by Crippen LogP contribution is 2.15. The Morgan fingerprint density at radius 2 is 2.10 bits per heavy atom. The number of thioether (sulfide) groups is 1. The molecule has 1 heterocycles. The number of rotatable bonds is 5. The molecule has 1 unspecified atom stereocenters.